The lowest BCUT2D eigenvalue weighted by atomic mass is 10.0. The summed E-state index contributed by atoms with van der Waals surface area (Å²) in [5.74, 6) is 0. The standard InChI is InChI=1S/C20H20N2/c1-15-6-5-9-17(10-15)19-11-20(14-21-12-19)22-13-18-8-4-3-7-16(18)2/h3-12,14,22H,13H2,1-2H3. The first kappa shape index (κ1) is 14.3. The maximum absolute atomic E-state index is 4.36. The normalized spacial score (nSPS) is 10.5. The zero-order chi connectivity index (χ0) is 15.4. The predicted molar refractivity (Wildman–Crippen MR) is 92.9 cm³/mol. The van der Waals surface area contributed by atoms with Gasteiger partial charge in [0.05, 0.1) is 5.69 Å². The molecule has 0 saturated heterocycles. The van der Waals surface area contributed by atoms with Crippen LogP contribution in [0.4, 0.5) is 5.69 Å². The van der Waals surface area contributed by atoms with Crippen LogP contribution in [0.5, 0.6) is 0 Å². The zero-order valence-electron chi connectivity index (χ0n) is 13.0. The number of rotatable bonds is 4. The third kappa shape index (κ3) is 3.34. The minimum absolute atomic E-state index is 0.811. The minimum Gasteiger partial charge on any atom is -0.380 e. The fraction of sp³-hybridized carbons (Fsp3) is 0.150. The summed E-state index contributed by atoms with van der Waals surface area (Å²) in [6.07, 6.45) is 3.78. The monoisotopic (exact) mass is 288 g/mol. The van der Waals surface area contributed by atoms with Gasteiger partial charge in [-0.05, 0) is 36.6 Å². The number of benzene rings is 2. The van der Waals surface area contributed by atoms with Crippen LogP contribution >= 0.6 is 0 Å². The van der Waals surface area contributed by atoms with Crippen LogP contribution in [0.1, 0.15) is 16.7 Å². The molecule has 110 valence electrons. The SMILES string of the molecule is Cc1cccc(-c2cncc(NCc3ccccc3C)c2)c1. The van der Waals surface area contributed by atoms with Crippen molar-refractivity contribution < 1.29 is 0 Å². The van der Waals surface area contributed by atoms with Gasteiger partial charge in [0.25, 0.3) is 0 Å². The Balaban J connectivity index is 1.78. The van der Waals surface area contributed by atoms with Gasteiger partial charge in [0.15, 0.2) is 0 Å². The van der Waals surface area contributed by atoms with Crippen LogP contribution in [-0.4, -0.2) is 4.98 Å². The van der Waals surface area contributed by atoms with Crippen molar-refractivity contribution >= 4 is 5.69 Å². The van der Waals surface area contributed by atoms with E-state index in [4.69, 9.17) is 0 Å². The summed E-state index contributed by atoms with van der Waals surface area (Å²) in [6, 6.07) is 19.1. The summed E-state index contributed by atoms with van der Waals surface area (Å²) < 4.78 is 0. The van der Waals surface area contributed by atoms with E-state index in [0.717, 1.165) is 17.8 Å². The Morgan fingerprint density at radius 1 is 0.864 bits per heavy atom. The molecule has 22 heavy (non-hydrogen) atoms. The molecular formula is C20H20N2. The highest BCUT2D eigenvalue weighted by molar-refractivity contribution is 5.67. The maximum atomic E-state index is 4.36. The van der Waals surface area contributed by atoms with E-state index >= 15 is 0 Å². The third-order valence-corrected chi connectivity index (χ3v) is 3.83. The first-order valence-corrected chi connectivity index (χ1v) is 7.53. The molecule has 2 aromatic carbocycles. The number of nitrogens with zero attached hydrogens (tertiary/aromatic N) is 1. The van der Waals surface area contributed by atoms with Gasteiger partial charge < -0.3 is 5.32 Å². The molecule has 3 aromatic rings. The van der Waals surface area contributed by atoms with E-state index in [2.05, 4.69) is 78.7 Å². The molecule has 0 aliphatic heterocycles. The van der Waals surface area contributed by atoms with Crippen molar-refractivity contribution in [3.8, 4) is 11.1 Å². The van der Waals surface area contributed by atoms with Crippen LogP contribution in [0.25, 0.3) is 11.1 Å². The molecule has 0 aliphatic carbocycles. The van der Waals surface area contributed by atoms with E-state index in [0.29, 0.717) is 0 Å². The average molecular weight is 288 g/mol. The molecule has 0 radical (unpaired) electrons. The van der Waals surface area contributed by atoms with Gasteiger partial charge in [-0.15, -0.1) is 0 Å². The Morgan fingerprint density at radius 3 is 2.55 bits per heavy atom. The third-order valence-electron chi connectivity index (χ3n) is 3.83. The van der Waals surface area contributed by atoms with Crippen LogP contribution < -0.4 is 5.32 Å². The molecule has 0 atom stereocenters. The van der Waals surface area contributed by atoms with E-state index < -0.39 is 0 Å². The van der Waals surface area contributed by atoms with Crippen molar-refractivity contribution in [1.29, 1.82) is 0 Å². The lowest BCUT2D eigenvalue weighted by Crippen LogP contribution is -2.01. The van der Waals surface area contributed by atoms with Crippen molar-refractivity contribution in [1.82, 2.24) is 4.98 Å². The lowest BCUT2D eigenvalue weighted by Gasteiger charge is -2.10. The van der Waals surface area contributed by atoms with E-state index in [1.807, 2.05) is 12.4 Å². The summed E-state index contributed by atoms with van der Waals surface area (Å²) in [5.41, 5.74) is 7.25. The Bertz CT molecular complexity index is 778. The van der Waals surface area contributed by atoms with E-state index in [1.54, 1.807) is 0 Å². The van der Waals surface area contributed by atoms with Gasteiger partial charge in [-0.25, -0.2) is 0 Å². The second-order valence-electron chi connectivity index (χ2n) is 5.61. The molecule has 0 bridgehead atoms. The Morgan fingerprint density at radius 2 is 1.73 bits per heavy atom. The van der Waals surface area contributed by atoms with E-state index in [-0.39, 0.29) is 0 Å². The minimum atomic E-state index is 0.811. The summed E-state index contributed by atoms with van der Waals surface area (Å²) in [4.78, 5) is 4.36. The molecule has 0 amide bonds. The molecular weight excluding hydrogens is 268 g/mol. The van der Waals surface area contributed by atoms with Gasteiger partial charge in [0.2, 0.25) is 0 Å². The number of nitrogens with one attached hydrogen (secondary N) is 1. The highest BCUT2D eigenvalue weighted by Crippen LogP contribution is 2.22. The van der Waals surface area contributed by atoms with Crippen molar-refractivity contribution in [2.24, 2.45) is 0 Å². The Labute approximate surface area is 131 Å². The highest BCUT2D eigenvalue weighted by Gasteiger charge is 2.02. The van der Waals surface area contributed by atoms with Crippen LogP contribution in [-0.2, 0) is 6.54 Å². The zero-order valence-corrected chi connectivity index (χ0v) is 13.0. The van der Waals surface area contributed by atoms with Crippen molar-refractivity contribution in [2.75, 3.05) is 5.32 Å². The Hall–Kier alpha value is -2.61. The van der Waals surface area contributed by atoms with E-state index in [1.165, 1.54) is 22.3 Å². The number of hydrogen-bond donors (Lipinski definition) is 1. The van der Waals surface area contributed by atoms with Gasteiger partial charge in [0, 0.05) is 24.5 Å². The topological polar surface area (TPSA) is 24.9 Å². The smallest absolute Gasteiger partial charge is 0.0535 e. The molecule has 0 spiro atoms. The average Bonchev–Trinajstić information content (AvgIpc) is 2.54. The number of aryl methyl sites for hydroxylation is 2. The van der Waals surface area contributed by atoms with Crippen LogP contribution in [0, 0.1) is 13.8 Å². The fourth-order valence-electron chi connectivity index (χ4n) is 2.52. The van der Waals surface area contributed by atoms with Gasteiger partial charge >= 0.3 is 0 Å². The number of pyridine rings is 1. The molecule has 0 saturated carbocycles. The van der Waals surface area contributed by atoms with E-state index in [9.17, 15) is 0 Å². The van der Waals surface area contributed by atoms with Crippen molar-refractivity contribution in [3.63, 3.8) is 0 Å². The summed E-state index contributed by atoms with van der Waals surface area (Å²) in [5, 5.41) is 3.46. The predicted octanol–water partition coefficient (Wildman–Crippen LogP) is 4.98. The molecule has 0 fully saturated rings. The van der Waals surface area contributed by atoms with Gasteiger partial charge in [-0.3, -0.25) is 4.98 Å². The van der Waals surface area contributed by atoms with Crippen LogP contribution in [0.2, 0.25) is 0 Å². The maximum Gasteiger partial charge on any atom is 0.0535 e. The molecule has 1 aromatic heterocycles. The highest BCUT2D eigenvalue weighted by atomic mass is 14.9. The lowest BCUT2D eigenvalue weighted by molar-refractivity contribution is 1.11. The largest absolute Gasteiger partial charge is 0.380 e. The van der Waals surface area contributed by atoms with Crippen LogP contribution in [0.15, 0.2) is 67.0 Å². The van der Waals surface area contributed by atoms with Crippen molar-refractivity contribution in [2.45, 2.75) is 20.4 Å². The summed E-state index contributed by atoms with van der Waals surface area (Å²) >= 11 is 0. The number of aromatic nitrogens is 1. The summed E-state index contributed by atoms with van der Waals surface area (Å²) in [7, 11) is 0. The van der Waals surface area contributed by atoms with Crippen molar-refractivity contribution in [3.05, 3.63) is 83.7 Å². The second kappa shape index (κ2) is 6.44. The quantitative estimate of drug-likeness (QED) is 0.732. The first-order chi connectivity index (χ1) is 10.7. The molecule has 0 unspecified atom stereocenters. The Kier molecular flexibility index (Phi) is 4.19. The van der Waals surface area contributed by atoms with Gasteiger partial charge in [-0.2, -0.15) is 0 Å². The molecule has 0 aliphatic rings. The number of hydrogen-bond acceptors (Lipinski definition) is 2. The molecule has 1 N–H and O–H groups in total. The number of anilines is 1. The molecule has 2 nitrogen and oxygen atoms in total. The molecule has 3 rings (SSSR count). The van der Waals surface area contributed by atoms with Gasteiger partial charge in [0.1, 0.15) is 0 Å². The molecule has 2 heteroatoms. The van der Waals surface area contributed by atoms with Gasteiger partial charge in [-0.1, -0.05) is 54.1 Å². The summed E-state index contributed by atoms with van der Waals surface area (Å²) in [6.45, 7) is 5.06. The first-order valence-electron chi connectivity index (χ1n) is 7.53. The van der Waals surface area contributed by atoms with Crippen LogP contribution in [0.3, 0.4) is 0 Å². The fourth-order valence-corrected chi connectivity index (χ4v) is 2.52. The molecule has 1 heterocycles. The second-order valence-corrected chi connectivity index (χ2v) is 5.61.